The molecule has 1 saturated heterocycles. The summed E-state index contributed by atoms with van der Waals surface area (Å²) in [5, 5.41) is 0. The Morgan fingerprint density at radius 2 is 2.10 bits per heavy atom. The minimum atomic E-state index is 0.334. The van der Waals surface area contributed by atoms with Gasteiger partial charge in [0, 0.05) is 29.2 Å². The number of rotatable bonds is 3. The Hall–Kier alpha value is -1.01. The summed E-state index contributed by atoms with van der Waals surface area (Å²) in [6, 6.07) is 0. The highest BCUT2D eigenvalue weighted by Gasteiger charge is 2.26. The van der Waals surface area contributed by atoms with Crippen LogP contribution in [0.25, 0.3) is 0 Å². The quantitative estimate of drug-likeness (QED) is 0.660. The summed E-state index contributed by atoms with van der Waals surface area (Å²) in [6.07, 6.45) is 2.75. The van der Waals surface area contributed by atoms with Crippen LogP contribution in [0.2, 0.25) is 0 Å². The van der Waals surface area contributed by atoms with Gasteiger partial charge in [-0.25, -0.2) is 15.8 Å². The van der Waals surface area contributed by atoms with Crippen LogP contribution < -0.4 is 16.2 Å². The minimum absolute atomic E-state index is 0.334. The van der Waals surface area contributed by atoms with Crippen LogP contribution in [0.5, 0.6) is 0 Å². The summed E-state index contributed by atoms with van der Waals surface area (Å²) in [4.78, 5) is 11.2. The van der Waals surface area contributed by atoms with Crippen molar-refractivity contribution in [2.45, 2.75) is 44.8 Å². The summed E-state index contributed by atoms with van der Waals surface area (Å²) >= 11 is 2.04. The van der Waals surface area contributed by atoms with Crippen LogP contribution in [0.3, 0.4) is 0 Å². The van der Waals surface area contributed by atoms with E-state index in [2.05, 4.69) is 48.0 Å². The molecule has 0 saturated carbocycles. The number of nitrogens with zero attached hydrogens (tertiary/aromatic N) is 3. The van der Waals surface area contributed by atoms with E-state index >= 15 is 0 Å². The molecule has 1 aromatic rings. The van der Waals surface area contributed by atoms with Crippen molar-refractivity contribution < 1.29 is 0 Å². The summed E-state index contributed by atoms with van der Waals surface area (Å²) in [7, 11) is 0. The number of anilines is 2. The maximum absolute atomic E-state index is 5.60. The van der Waals surface area contributed by atoms with E-state index in [0.29, 0.717) is 10.7 Å². The number of hydrogen-bond donors (Lipinski definition) is 2. The molecule has 112 valence electrons. The Kier molecular flexibility index (Phi) is 4.75. The van der Waals surface area contributed by atoms with Gasteiger partial charge in [0.05, 0.1) is 0 Å². The molecule has 2 heterocycles. The summed E-state index contributed by atoms with van der Waals surface area (Å²) in [5.74, 6) is 8.82. The van der Waals surface area contributed by atoms with Gasteiger partial charge in [0.2, 0.25) is 0 Å². The van der Waals surface area contributed by atoms with E-state index in [1.807, 2.05) is 11.8 Å². The van der Waals surface area contributed by atoms with Gasteiger partial charge in [0.25, 0.3) is 0 Å². The fraction of sp³-hybridized carbons (Fsp3) is 0.714. The Bertz CT molecular complexity index is 461. The van der Waals surface area contributed by atoms with Crippen molar-refractivity contribution >= 4 is 23.4 Å². The molecule has 0 unspecified atom stereocenters. The first-order chi connectivity index (χ1) is 9.44. The highest BCUT2D eigenvalue weighted by molar-refractivity contribution is 8.00. The molecule has 1 aliphatic heterocycles. The van der Waals surface area contributed by atoms with Gasteiger partial charge in [0.15, 0.2) is 0 Å². The van der Waals surface area contributed by atoms with E-state index in [4.69, 9.17) is 5.84 Å². The lowest BCUT2D eigenvalue weighted by molar-refractivity contribution is 0.632. The molecule has 2 rings (SSSR count). The van der Waals surface area contributed by atoms with Gasteiger partial charge in [-0.1, -0.05) is 27.7 Å². The fourth-order valence-electron chi connectivity index (χ4n) is 2.52. The molecule has 5 nitrogen and oxygen atoms in total. The molecule has 0 bridgehead atoms. The van der Waals surface area contributed by atoms with Crippen molar-refractivity contribution in [2.24, 2.45) is 5.84 Å². The first-order valence-corrected chi connectivity index (χ1v) is 8.13. The van der Waals surface area contributed by atoms with Crippen LogP contribution in [-0.4, -0.2) is 33.6 Å². The van der Waals surface area contributed by atoms with Crippen molar-refractivity contribution in [2.75, 3.05) is 29.2 Å². The average Bonchev–Trinajstić information content (AvgIpc) is 2.58. The summed E-state index contributed by atoms with van der Waals surface area (Å²) in [5.41, 5.74) is 3.82. The molecule has 0 aromatic carbocycles. The second kappa shape index (κ2) is 6.18. The third kappa shape index (κ3) is 3.35. The predicted molar refractivity (Wildman–Crippen MR) is 87.3 cm³/mol. The number of thioether (sulfide) groups is 1. The van der Waals surface area contributed by atoms with E-state index in [1.54, 1.807) is 6.33 Å². The van der Waals surface area contributed by atoms with Gasteiger partial charge < -0.3 is 10.3 Å². The Labute approximate surface area is 125 Å². The molecule has 0 amide bonds. The molecule has 0 radical (unpaired) electrons. The van der Waals surface area contributed by atoms with E-state index in [-0.39, 0.29) is 0 Å². The molecule has 1 aliphatic rings. The summed E-state index contributed by atoms with van der Waals surface area (Å²) < 4.78 is 0.342. The van der Waals surface area contributed by atoms with Crippen LogP contribution >= 0.6 is 11.8 Å². The molecular formula is C14H25N5S. The smallest absolute Gasteiger partial charge is 0.148 e. The van der Waals surface area contributed by atoms with Gasteiger partial charge in [0.1, 0.15) is 18.0 Å². The van der Waals surface area contributed by atoms with Gasteiger partial charge in [-0.15, -0.1) is 0 Å². The highest BCUT2D eigenvalue weighted by Crippen LogP contribution is 2.35. The van der Waals surface area contributed by atoms with Crippen molar-refractivity contribution in [3.63, 3.8) is 0 Å². The topological polar surface area (TPSA) is 67.1 Å². The van der Waals surface area contributed by atoms with Crippen LogP contribution in [-0.2, 0) is 0 Å². The first kappa shape index (κ1) is 15.4. The van der Waals surface area contributed by atoms with Crippen LogP contribution in [0.4, 0.5) is 11.6 Å². The average molecular weight is 295 g/mol. The molecule has 20 heavy (non-hydrogen) atoms. The Morgan fingerprint density at radius 1 is 1.35 bits per heavy atom. The van der Waals surface area contributed by atoms with Crippen LogP contribution in [0.1, 0.15) is 45.6 Å². The van der Waals surface area contributed by atoms with Crippen LogP contribution in [0.15, 0.2) is 6.33 Å². The molecule has 0 spiro atoms. The number of hydrogen-bond acceptors (Lipinski definition) is 6. The number of nitrogen functional groups attached to an aromatic ring is 1. The minimum Gasteiger partial charge on any atom is -0.355 e. The molecule has 1 fully saturated rings. The third-order valence-electron chi connectivity index (χ3n) is 3.71. The monoisotopic (exact) mass is 295 g/mol. The second-order valence-electron chi connectivity index (χ2n) is 6.10. The Morgan fingerprint density at radius 3 is 2.75 bits per heavy atom. The van der Waals surface area contributed by atoms with E-state index in [1.165, 1.54) is 0 Å². The SMILES string of the molecule is CC(C)c1c(NN)ncnc1N1CCSC(C)(C)CC1. The molecule has 3 N–H and O–H groups in total. The van der Waals surface area contributed by atoms with E-state index in [9.17, 15) is 0 Å². The zero-order valence-electron chi connectivity index (χ0n) is 12.8. The van der Waals surface area contributed by atoms with E-state index < -0.39 is 0 Å². The number of aromatic nitrogens is 2. The lowest BCUT2D eigenvalue weighted by Gasteiger charge is -2.27. The normalized spacial score (nSPS) is 19.0. The Balaban J connectivity index is 2.32. The van der Waals surface area contributed by atoms with Crippen molar-refractivity contribution in [1.82, 2.24) is 9.97 Å². The second-order valence-corrected chi connectivity index (χ2v) is 7.91. The van der Waals surface area contributed by atoms with Gasteiger partial charge >= 0.3 is 0 Å². The van der Waals surface area contributed by atoms with Gasteiger partial charge in [-0.2, -0.15) is 11.8 Å². The molecule has 6 heteroatoms. The van der Waals surface area contributed by atoms with Crippen molar-refractivity contribution in [1.29, 1.82) is 0 Å². The standard InChI is InChI=1S/C14H25N5S/c1-10(2)11-12(18-15)16-9-17-13(11)19-6-5-14(3,4)20-8-7-19/h9-10H,5-8,15H2,1-4H3,(H,16,17,18). The maximum Gasteiger partial charge on any atom is 0.148 e. The zero-order chi connectivity index (χ0) is 14.8. The zero-order valence-corrected chi connectivity index (χ0v) is 13.6. The number of nitrogens with two attached hydrogens (primary N) is 1. The highest BCUT2D eigenvalue weighted by atomic mass is 32.2. The molecule has 0 aliphatic carbocycles. The predicted octanol–water partition coefficient (Wildman–Crippen LogP) is 2.61. The molecule has 1 aromatic heterocycles. The summed E-state index contributed by atoms with van der Waals surface area (Å²) in [6.45, 7) is 11.0. The van der Waals surface area contributed by atoms with E-state index in [0.717, 1.165) is 42.5 Å². The lowest BCUT2D eigenvalue weighted by atomic mass is 10.0. The fourth-order valence-corrected chi connectivity index (χ4v) is 3.62. The van der Waals surface area contributed by atoms with Gasteiger partial charge in [-0.05, 0) is 12.3 Å². The van der Waals surface area contributed by atoms with Gasteiger partial charge in [-0.3, -0.25) is 0 Å². The molecule has 0 atom stereocenters. The first-order valence-electron chi connectivity index (χ1n) is 7.15. The number of nitrogens with one attached hydrogen (secondary N) is 1. The lowest BCUT2D eigenvalue weighted by Crippen LogP contribution is -2.29. The molecular weight excluding hydrogens is 270 g/mol. The van der Waals surface area contributed by atoms with Crippen LogP contribution in [0, 0.1) is 0 Å². The third-order valence-corrected chi connectivity index (χ3v) is 5.09. The number of hydrazine groups is 1. The maximum atomic E-state index is 5.60. The van der Waals surface area contributed by atoms with Crippen molar-refractivity contribution in [3.05, 3.63) is 11.9 Å². The van der Waals surface area contributed by atoms with Crippen molar-refractivity contribution in [3.8, 4) is 0 Å². The largest absolute Gasteiger partial charge is 0.355 e.